The predicted octanol–water partition coefficient (Wildman–Crippen LogP) is 5.35. The minimum absolute atomic E-state index is 0.389. The molecule has 0 saturated heterocycles. The van der Waals surface area contributed by atoms with Gasteiger partial charge in [-0.3, -0.25) is 4.21 Å². The molecule has 1 fully saturated rings. The van der Waals surface area contributed by atoms with Gasteiger partial charge in [0.25, 0.3) is 0 Å². The van der Waals surface area contributed by atoms with Crippen molar-refractivity contribution in [1.29, 1.82) is 0 Å². The van der Waals surface area contributed by atoms with Gasteiger partial charge in [0.05, 0.1) is 0 Å². The molecule has 2 nitrogen and oxygen atoms in total. The first-order chi connectivity index (χ1) is 9.79. The molecule has 20 heavy (non-hydrogen) atoms. The predicted molar refractivity (Wildman–Crippen MR) is 86.5 cm³/mol. The number of hydrogen-bond acceptors (Lipinski definition) is 2. The van der Waals surface area contributed by atoms with Crippen LogP contribution in [0.2, 0.25) is 0 Å². The summed E-state index contributed by atoms with van der Waals surface area (Å²) in [5, 5.41) is 0. The quantitative estimate of drug-likeness (QED) is 0.645. The minimum Gasteiger partial charge on any atom is -0.772 e. The van der Waals surface area contributed by atoms with E-state index in [-0.39, 0.29) is 0 Å². The highest BCUT2D eigenvalue weighted by atomic mass is 32.2. The zero-order valence-electron chi connectivity index (χ0n) is 13.1. The first kappa shape index (κ1) is 18.2. The highest BCUT2D eigenvalue weighted by Crippen LogP contribution is 2.21. The molecule has 0 bridgehead atoms. The van der Waals surface area contributed by atoms with Crippen LogP contribution in [0.3, 0.4) is 0 Å². The zero-order chi connectivity index (χ0) is 14.5. The molecule has 0 N–H and O–H groups in total. The highest BCUT2D eigenvalue weighted by Gasteiger charge is 2.09. The van der Waals surface area contributed by atoms with E-state index in [0.717, 1.165) is 12.8 Å². The Morgan fingerprint density at radius 1 is 0.650 bits per heavy atom. The van der Waals surface area contributed by atoms with Crippen LogP contribution in [0.4, 0.5) is 0 Å². The van der Waals surface area contributed by atoms with E-state index in [9.17, 15) is 8.76 Å². The molecule has 0 amide bonds. The van der Waals surface area contributed by atoms with Crippen LogP contribution in [-0.2, 0) is 11.1 Å². The molecule has 0 aliphatic heterocycles. The van der Waals surface area contributed by atoms with Crippen molar-refractivity contribution in [2.45, 2.75) is 96.3 Å². The lowest BCUT2D eigenvalue weighted by molar-refractivity contribution is 0.420. The summed E-state index contributed by atoms with van der Waals surface area (Å²) in [5.41, 5.74) is 0. The van der Waals surface area contributed by atoms with Gasteiger partial charge in [-0.15, -0.1) is 0 Å². The lowest BCUT2D eigenvalue weighted by Crippen LogP contribution is -2.11. The van der Waals surface area contributed by atoms with Crippen LogP contribution in [0, 0.1) is 5.92 Å². The molecule has 0 spiro atoms. The average molecular weight is 302 g/mol. The highest BCUT2D eigenvalue weighted by molar-refractivity contribution is 7.79. The van der Waals surface area contributed by atoms with E-state index < -0.39 is 11.1 Å². The Hall–Kier alpha value is 0.110. The van der Waals surface area contributed by atoms with Gasteiger partial charge in [0.1, 0.15) is 0 Å². The molecular formula is C17H33O2S-. The molecule has 0 radical (unpaired) electrons. The van der Waals surface area contributed by atoms with Crippen molar-refractivity contribution in [3.05, 3.63) is 0 Å². The number of hydrogen-bond donors (Lipinski definition) is 0. The molecule has 0 heterocycles. The molecule has 1 aliphatic rings. The van der Waals surface area contributed by atoms with E-state index >= 15 is 0 Å². The monoisotopic (exact) mass is 301 g/mol. The molecule has 1 atom stereocenters. The zero-order valence-corrected chi connectivity index (χ0v) is 13.9. The SMILES string of the molecule is O=S([O-])CC1CCCCCCCCCCCCCCC1. The molecule has 1 saturated carbocycles. The van der Waals surface area contributed by atoms with Crippen LogP contribution in [0.5, 0.6) is 0 Å². The van der Waals surface area contributed by atoms with Gasteiger partial charge in [-0.1, -0.05) is 94.6 Å². The van der Waals surface area contributed by atoms with Gasteiger partial charge in [-0.05, 0) is 18.8 Å². The second kappa shape index (κ2) is 12.8. The summed E-state index contributed by atoms with van der Waals surface area (Å²) in [5.74, 6) is 0.807. The van der Waals surface area contributed by atoms with Crippen LogP contribution in [0.25, 0.3) is 0 Å². The maximum atomic E-state index is 10.9. The van der Waals surface area contributed by atoms with E-state index in [4.69, 9.17) is 0 Å². The van der Waals surface area contributed by atoms with Crippen molar-refractivity contribution < 1.29 is 8.76 Å². The second-order valence-corrected chi connectivity index (χ2v) is 7.45. The molecule has 0 aromatic heterocycles. The third-order valence-electron chi connectivity index (χ3n) is 4.60. The summed E-state index contributed by atoms with van der Waals surface area (Å²) in [6, 6.07) is 0. The standard InChI is InChI=1S/C17H34O2S/c18-20(19)16-17-14-12-10-8-6-4-2-1-3-5-7-9-11-13-15-17/h17H,1-16H2,(H,18,19)/p-1. The van der Waals surface area contributed by atoms with E-state index in [1.54, 1.807) is 0 Å². The normalized spacial score (nSPS) is 24.2. The molecule has 1 aliphatic carbocycles. The van der Waals surface area contributed by atoms with Crippen molar-refractivity contribution in [1.82, 2.24) is 0 Å². The Morgan fingerprint density at radius 2 is 0.950 bits per heavy atom. The van der Waals surface area contributed by atoms with Gasteiger partial charge in [-0.25, -0.2) is 0 Å². The maximum absolute atomic E-state index is 10.9. The number of rotatable bonds is 2. The van der Waals surface area contributed by atoms with E-state index in [1.165, 1.54) is 83.5 Å². The Bertz CT molecular complexity index is 227. The van der Waals surface area contributed by atoms with Gasteiger partial charge in [0, 0.05) is 5.75 Å². The molecule has 3 heteroatoms. The summed E-state index contributed by atoms with van der Waals surface area (Å²) in [4.78, 5) is 0. The average Bonchev–Trinajstić information content (AvgIpc) is 2.40. The summed E-state index contributed by atoms with van der Waals surface area (Å²) in [6.07, 6.45) is 19.8. The fourth-order valence-electron chi connectivity index (χ4n) is 3.31. The van der Waals surface area contributed by atoms with E-state index in [1.807, 2.05) is 0 Å². The summed E-state index contributed by atoms with van der Waals surface area (Å²) in [6.45, 7) is 0. The van der Waals surface area contributed by atoms with Gasteiger partial charge in [-0.2, -0.15) is 0 Å². The third kappa shape index (κ3) is 10.8. The molecular weight excluding hydrogens is 268 g/mol. The molecule has 0 aromatic rings. The van der Waals surface area contributed by atoms with Crippen LogP contribution < -0.4 is 0 Å². The Morgan fingerprint density at radius 3 is 1.25 bits per heavy atom. The summed E-state index contributed by atoms with van der Waals surface area (Å²) < 4.78 is 21.9. The van der Waals surface area contributed by atoms with Gasteiger partial charge < -0.3 is 4.55 Å². The first-order valence-electron chi connectivity index (χ1n) is 8.85. The lowest BCUT2D eigenvalue weighted by Gasteiger charge is -2.18. The van der Waals surface area contributed by atoms with Crippen molar-refractivity contribution in [3.8, 4) is 0 Å². The van der Waals surface area contributed by atoms with Crippen LogP contribution in [0.15, 0.2) is 0 Å². The molecule has 1 rings (SSSR count). The lowest BCUT2D eigenvalue weighted by atomic mass is 9.95. The van der Waals surface area contributed by atoms with Crippen molar-refractivity contribution >= 4 is 11.1 Å². The van der Waals surface area contributed by atoms with E-state index in [0.29, 0.717) is 11.7 Å². The Balaban J connectivity index is 2.26. The smallest absolute Gasteiger partial charge is 0.0130 e. The minimum atomic E-state index is -1.86. The fourth-order valence-corrected chi connectivity index (χ4v) is 4.03. The summed E-state index contributed by atoms with van der Waals surface area (Å²) >= 11 is -1.86. The summed E-state index contributed by atoms with van der Waals surface area (Å²) in [7, 11) is 0. The van der Waals surface area contributed by atoms with Crippen LogP contribution in [0.1, 0.15) is 96.3 Å². The second-order valence-electron chi connectivity index (χ2n) is 6.51. The third-order valence-corrected chi connectivity index (χ3v) is 5.34. The van der Waals surface area contributed by atoms with Crippen molar-refractivity contribution in [2.24, 2.45) is 5.92 Å². The molecule has 0 aromatic carbocycles. The maximum Gasteiger partial charge on any atom is 0.0130 e. The van der Waals surface area contributed by atoms with Crippen LogP contribution in [-0.4, -0.2) is 14.5 Å². The van der Waals surface area contributed by atoms with Crippen molar-refractivity contribution in [3.63, 3.8) is 0 Å². The largest absolute Gasteiger partial charge is 0.772 e. The van der Waals surface area contributed by atoms with Gasteiger partial charge in [0.2, 0.25) is 0 Å². The first-order valence-corrected chi connectivity index (χ1v) is 10.1. The fraction of sp³-hybridized carbons (Fsp3) is 1.00. The topological polar surface area (TPSA) is 40.1 Å². The van der Waals surface area contributed by atoms with Gasteiger partial charge >= 0.3 is 0 Å². The molecule has 1 unspecified atom stereocenters. The Kier molecular flexibility index (Phi) is 11.6. The van der Waals surface area contributed by atoms with Gasteiger partial charge in [0.15, 0.2) is 0 Å². The van der Waals surface area contributed by atoms with Crippen molar-refractivity contribution in [2.75, 3.05) is 5.75 Å². The van der Waals surface area contributed by atoms with E-state index in [2.05, 4.69) is 0 Å². The Labute approximate surface area is 128 Å². The molecule has 120 valence electrons. The van der Waals surface area contributed by atoms with Crippen LogP contribution >= 0.6 is 0 Å².